The van der Waals surface area contributed by atoms with Crippen LogP contribution in [-0.2, 0) is 4.74 Å². The van der Waals surface area contributed by atoms with Crippen molar-refractivity contribution in [3.63, 3.8) is 0 Å². The zero-order valence-corrected chi connectivity index (χ0v) is 15.7. The molecule has 0 bridgehead atoms. The van der Waals surface area contributed by atoms with Crippen molar-refractivity contribution in [1.82, 2.24) is 0 Å². The Balaban J connectivity index is 2.75. The minimum absolute atomic E-state index is 0.446. The highest BCUT2D eigenvalue weighted by atomic mass is 19.4. The molecular formula is C21H16F3N3O. The monoisotopic (exact) mass is 383 g/mol. The summed E-state index contributed by atoms with van der Waals surface area (Å²) in [6.45, 7) is 6.42. The molecule has 1 aromatic rings. The molecule has 1 aliphatic heterocycles. The van der Waals surface area contributed by atoms with E-state index in [1.165, 1.54) is 24.3 Å². The van der Waals surface area contributed by atoms with Crippen LogP contribution in [0.25, 0.3) is 6.08 Å². The van der Waals surface area contributed by atoms with Gasteiger partial charge >= 0.3 is 6.18 Å². The van der Waals surface area contributed by atoms with E-state index in [9.17, 15) is 18.4 Å². The maximum Gasteiger partial charge on any atom is 0.432 e. The molecule has 0 fully saturated rings. The first kappa shape index (κ1) is 20.8. The number of halogens is 3. The van der Waals surface area contributed by atoms with Crippen LogP contribution < -0.4 is 0 Å². The number of rotatable bonds is 2. The molecule has 2 rings (SSSR count). The quantitative estimate of drug-likeness (QED) is 0.666. The number of ether oxygens (including phenoxy) is 1. The van der Waals surface area contributed by atoms with Gasteiger partial charge in [-0.2, -0.15) is 29.0 Å². The Bertz CT molecular complexity index is 1040. The minimum Gasteiger partial charge on any atom is -0.470 e. The van der Waals surface area contributed by atoms with Crippen LogP contribution in [0.2, 0.25) is 0 Å². The van der Waals surface area contributed by atoms with Crippen molar-refractivity contribution in [3.05, 3.63) is 62.9 Å². The van der Waals surface area contributed by atoms with E-state index >= 15 is 0 Å². The Morgan fingerprint density at radius 1 is 1.00 bits per heavy atom. The summed E-state index contributed by atoms with van der Waals surface area (Å²) in [6.07, 6.45) is -2.23. The number of alkyl halides is 3. The average Bonchev–Trinajstić information content (AvgIpc) is 2.91. The molecule has 0 saturated heterocycles. The first-order chi connectivity index (χ1) is 13.0. The highest BCUT2D eigenvalue weighted by molar-refractivity contribution is 5.66. The van der Waals surface area contributed by atoms with Gasteiger partial charge < -0.3 is 4.74 Å². The highest BCUT2D eigenvalue weighted by Gasteiger charge is 2.60. The van der Waals surface area contributed by atoms with Crippen LogP contribution in [0.5, 0.6) is 0 Å². The van der Waals surface area contributed by atoms with Gasteiger partial charge in [-0.3, -0.25) is 0 Å². The second kappa shape index (κ2) is 7.25. The number of nitriles is 3. The SMILES string of the molecule is Cc1cc(C)c(/C=C/C2=C(C#N)C(=C(C#N)C#N)OC2(C)C(F)(F)F)cc1C. The summed E-state index contributed by atoms with van der Waals surface area (Å²) in [5.41, 5.74) is -0.887. The molecule has 28 heavy (non-hydrogen) atoms. The summed E-state index contributed by atoms with van der Waals surface area (Å²) in [4.78, 5) is 0. The first-order valence-electron chi connectivity index (χ1n) is 8.21. The Labute approximate surface area is 161 Å². The summed E-state index contributed by atoms with van der Waals surface area (Å²) in [6, 6.07) is 8.37. The number of nitrogens with zero attached hydrogens (tertiary/aromatic N) is 3. The maximum absolute atomic E-state index is 13.8. The van der Waals surface area contributed by atoms with Gasteiger partial charge in [0.2, 0.25) is 5.60 Å². The van der Waals surface area contributed by atoms with Crippen molar-refractivity contribution in [2.24, 2.45) is 0 Å². The Morgan fingerprint density at radius 3 is 2.07 bits per heavy atom. The van der Waals surface area contributed by atoms with E-state index in [2.05, 4.69) is 0 Å². The third kappa shape index (κ3) is 3.38. The van der Waals surface area contributed by atoms with Crippen LogP contribution in [0, 0.1) is 54.8 Å². The molecule has 0 spiro atoms. The largest absolute Gasteiger partial charge is 0.470 e. The molecule has 1 atom stereocenters. The van der Waals surface area contributed by atoms with Gasteiger partial charge in [-0.15, -0.1) is 0 Å². The maximum atomic E-state index is 13.8. The van der Waals surface area contributed by atoms with Gasteiger partial charge in [0.15, 0.2) is 11.3 Å². The van der Waals surface area contributed by atoms with E-state index in [0.717, 1.165) is 23.6 Å². The molecule has 4 nitrogen and oxygen atoms in total. The fraction of sp³-hybridized carbons (Fsp3) is 0.286. The molecule has 0 radical (unpaired) electrons. The van der Waals surface area contributed by atoms with E-state index in [1.54, 1.807) is 6.07 Å². The lowest BCUT2D eigenvalue weighted by Crippen LogP contribution is -2.43. The van der Waals surface area contributed by atoms with Crippen LogP contribution in [-0.4, -0.2) is 11.8 Å². The highest BCUT2D eigenvalue weighted by Crippen LogP contribution is 2.49. The summed E-state index contributed by atoms with van der Waals surface area (Å²) in [5, 5.41) is 27.5. The molecular weight excluding hydrogens is 367 g/mol. The van der Waals surface area contributed by atoms with Gasteiger partial charge in [0.05, 0.1) is 0 Å². The molecule has 1 aromatic carbocycles. The molecule has 142 valence electrons. The van der Waals surface area contributed by atoms with Crippen LogP contribution in [0.1, 0.15) is 29.2 Å². The fourth-order valence-corrected chi connectivity index (χ4v) is 2.87. The van der Waals surface area contributed by atoms with E-state index in [0.29, 0.717) is 5.56 Å². The molecule has 0 aromatic heterocycles. The molecule has 1 aliphatic rings. The predicted octanol–water partition coefficient (Wildman–Crippen LogP) is 5.10. The van der Waals surface area contributed by atoms with Gasteiger partial charge in [-0.05, 0) is 49.9 Å². The molecule has 0 saturated carbocycles. The molecule has 0 amide bonds. The van der Waals surface area contributed by atoms with Gasteiger partial charge in [0.1, 0.15) is 23.8 Å². The topological polar surface area (TPSA) is 80.6 Å². The number of aryl methyl sites for hydroxylation is 3. The van der Waals surface area contributed by atoms with Crippen LogP contribution in [0.4, 0.5) is 13.2 Å². The van der Waals surface area contributed by atoms with Crippen LogP contribution in [0.15, 0.2) is 40.7 Å². The number of benzene rings is 1. The van der Waals surface area contributed by atoms with E-state index in [4.69, 9.17) is 15.3 Å². The molecule has 0 aliphatic carbocycles. The lowest BCUT2D eigenvalue weighted by atomic mass is 9.91. The van der Waals surface area contributed by atoms with Crippen LogP contribution in [0.3, 0.4) is 0 Å². The summed E-state index contributed by atoms with van der Waals surface area (Å²) in [5.74, 6) is -0.649. The minimum atomic E-state index is -4.87. The lowest BCUT2D eigenvalue weighted by molar-refractivity contribution is -0.236. The molecule has 1 unspecified atom stereocenters. The van der Waals surface area contributed by atoms with Gasteiger partial charge in [0.25, 0.3) is 0 Å². The third-order valence-electron chi connectivity index (χ3n) is 4.73. The standard InChI is InChI=1S/C21H16F3N3O/c1-12-7-14(3)15(8-13(12)2)5-6-18-17(11-27)19(16(9-25)10-26)28-20(18,4)21(22,23)24/h5-8H,1-4H3/b6-5+. The first-order valence-corrected chi connectivity index (χ1v) is 8.21. The lowest BCUT2D eigenvalue weighted by Gasteiger charge is -2.28. The van der Waals surface area contributed by atoms with E-state index in [1.807, 2.05) is 32.9 Å². The fourth-order valence-electron chi connectivity index (χ4n) is 2.87. The normalized spacial score (nSPS) is 19.2. The van der Waals surface area contributed by atoms with Gasteiger partial charge in [-0.1, -0.05) is 24.3 Å². The van der Waals surface area contributed by atoms with Crippen molar-refractivity contribution in [1.29, 1.82) is 15.8 Å². The Hall–Kier alpha value is -3.50. The molecule has 1 heterocycles. The second-order valence-corrected chi connectivity index (χ2v) is 6.59. The number of hydrogen-bond acceptors (Lipinski definition) is 4. The van der Waals surface area contributed by atoms with Crippen molar-refractivity contribution < 1.29 is 17.9 Å². The summed E-state index contributed by atoms with van der Waals surface area (Å²) < 4.78 is 46.3. The zero-order chi connectivity index (χ0) is 21.3. The zero-order valence-electron chi connectivity index (χ0n) is 15.7. The number of allylic oxidation sites excluding steroid dienone is 2. The Kier molecular flexibility index (Phi) is 5.39. The Morgan fingerprint density at radius 2 is 1.57 bits per heavy atom. The van der Waals surface area contributed by atoms with Gasteiger partial charge in [-0.25, -0.2) is 0 Å². The summed E-state index contributed by atoms with van der Waals surface area (Å²) >= 11 is 0. The van der Waals surface area contributed by atoms with Gasteiger partial charge in [0, 0.05) is 5.57 Å². The van der Waals surface area contributed by atoms with E-state index in [-0.39, 0.29) is 0 Å². The van der Waals surface area contributed by atoms with E-state index < -0.39 is 34.3 Å². The second-order valence-electron chi connectivity index (χ2n) is 6.59. The van der Waals surface area contributed by atoms with Crippen molar-refractivity contribution in [3.8, 4) is 18.2 Å². The van der Waals surface area contributed by atoms with Crippen molar-refractivity contribution >= 4 is 6.08 Å². The van der Waals surface area contributed by atoms with Crippen molar-refractivity contribution in [2.75, 3.05) is 0 Å². The number of hydrogen-bond donors (Lipinski definition) is 0. The van der Waals surface area contributed by atoms with Crippen LogP contribution >= 0.6 is 0 Å². The van der Waals surface area contributed by atoms with Crippen molar-refractivity contribution in [2.45, 2.75) is 39.5 Å². The smallest absolute Gasteiger partial charge is 0.432 e. The predicted molar refractivity (Wildman–Crippen MR) is 96.1 cm³/mol. The molecule has 0 N–H and O–H groups in total. The molecule has 7 heteroatoms. The third-order valence-corrected chi connectivity index (χ3v) is 4.73. The average molecular weight is 383 g/mol. The summed E-state index contributed by atoms with van der Waals surface area (Å²) in [7, 11) is 0.